The number of carbonyl (C=O) groups is 1. The monoisotopic (exact) mass is 292 g/mol. The predicted molar refractivity (Wildman–Crippen MR) is 82.5 cm³/mol. The van der Waals surface area contributed by atoms with Crippen LogP contribution in [0.15, 0.2) is 17.5 Å². The summed E-state index contributed by atoms with van der Waals surface area (Å²) in [7, 11) is 0. The third-order valence-electron chi connectivity index (χ3n) is 4.78. The molecule has 0 aromatic carbocycles. The molecule has 2 fully saturated rings. The summed E-state index contributed by atoms with van der Waals surface area (Å²) < 4.78 is 0. The van der Waals surface area contributed by atoms with Gasteiger partial charge in [-0.25, -0.2) is 0 Å². The molecule has 1 saturated carbocycles. The van der Waals surface area contributed by atoms with Crippen LogP contribution in [0.3, 0.4) is 0 Å². The summed E-state index contributed by atoms with van der Waals surface area (Å²) in [5, 5.41) is 5.53. The molecule has 1 N–H and O–H groups in total. The maximum atomic E-state index is 12.4. The van der Waals surface area contributed by atoms with Gasteiger partial charge in [0.05, 0.1) is 6.04 Å². The maximum Gasteiger partial charge on any atom is 0.241 e. The summed E-state index contributed by atoms with van der Waals surface area (Å²) in [5.41, 5.74) is 0. The minimum Gasteiger partial charge on any atom is -0.320 e. The third kappa shape index (κ3) is 2.77. The lowest BCUT2D eigenvalue weighted by Crippen LogP contribution is -2.36. The number of nitrogens with zero attached hydrogens (tertiary/aromatic N) is 1. The third-order valence-corrected chi connectivity index (χ3v) is 5.70. The van der Waals surface area contributed by atoms with Crippen molar-refractivity contribution in [2.75, 3.05) is 6.54 Å². The zero-order chi connectivity index (χ0) is 14.1. The van der Waals surface area contributed by atoms with E-state index in [1.165, 1.54) is 30.6 Å². The molecule has 0 spiro atoms. The van der Waals surface area contributed by atoms with Crippen LogP contribution in [0.5, 0.6) is 0 Å². The summed E-state index contributed by atoms with van der Waals surface area (Å²) >= 11 is 1.73. The summed E-state index contributed by atoms with van der Waals surface area (Å²) in [6.45, 7) is 5.24. The Morgan fingerprint density at radius 1 is 1.30 bits per heavy atom. The Morgan fingerprint density at radius 2 is 2.05 bits per heavy atom. The minimum atomic E-state index is -0.0513. The molecule has 0 bridgehead atoms. The molecular weight excluding hydrogens is 268 g/mol. The van der Waals surface area contributed by atoms with Gasteiger partial charge in [-0.1, -0.05) is 25.8 Å². The van der Waals surface area contributed by atoms with Gasteiger partial charge in [0.15, 0.2) is 0 Å². The maximum absolute atomic E-state index is 12.4. The quantitative estimate of drug-likeness (QED) is 0.926. The molecule has 20 heavy (non-hydrogen) atoms. The molecule has 2 aliphatic rings. The van der Waals surface area contributed by atoms with E-state index in [1.54, 1.807) is 11.3 Å². The van der Waals surface area contributed by atoms with Crippen LogP contribution in [0.2, 0.25) is 0 Å². The number of rotatable bonds is 3. The summed E-state index contributed by atoms with van der Waals surface area (Å²) in [6.07, 6.45) is 5.28. The van der Waals surface area contributed by atoms with Crippen molar-refractivity contribution in [2.24, 2.45) is 11.8 Å². The summed E-state index contributed by atoms with van der Waals surface area (Å²) in [5.74, 6) is 1.82. The van der Waals surface area contributed by atoms with Crippen LogP contribution in [-0.4, -0.2) is 23.4 Å². The van der Waals surface area contributed by atoms with E-state index in [-0.39, 0.29) is 18.1 Å². The fourth-order valence-electron chi connectivity index (χ4n) is 3.44. The molecule has 1 amide bonds. The van der Waals surface area contributed by atoms with E-state index < -0.39 is 0 Å². The van der Waals surface area contributed by atoms with Gasteiger partial charge in [-0.05, 0) is 43.0 Å². The molecule has 110 valence electrons. The van der Waals surface area contributed by atoms with E-state index >= 15 is 0 Å². The SMILES string of the molecule is CC1CCC(CN2C(=O)C(C)NC2c2cccs2)CC1. The standard InChI is InChI=1S/C16H24N2OS/c1-11-5-7-13(8-6-11)10-18-15(14-4-3-9-20-14)17-12(2)16(18)19/h3-4,9,11-13,15,17H,5-8,10H2,1-2H3. The van der Waals surface area contributed by atoms with Gasteiger partial charge in [0.25, 0.3) is 0 Å². The van der Waals surface area contributed by atoms with Crippen molar-refractivity contribution < 1.29 is 4.79 Å². The molecule has 2 atom stereocenters. The van der Waals surface area contributed by atoms with Gasteiger partial charge in [0.1, 0.15) is 6.17 Å². The van der Waals surface area contributed by atoms with E-state index in [2.05, 4.69) is 34.7 Å². The highest BCUT2D eigenvalue weighted by Gasteiger charge is 2.38. The topological polar surface area (TPSA) is 32.3 Å². The van der Waals surface area contributed by atoms with Crippen molar-refractivity contribution in [1.82, 2.24) is 10.2 Å². The Hall–Kier alpha value is -0.870. The van der Waals surface area contributed by atoms with Crippen LogP contribution in [0.4, 0.5) is 0 Å². The van der Waals surface area contributed by atoms with Gasteiger partial charge in [-0.15, -0.1) is 11.3 Å². The molecule has 2 heterocycles. The lowest BCUT2D eigenvalue weighted by Gasteiger charge is -2.32. The van der Waals surface area contributed by atoms with Crippen molar-refractivity contribution in [1.29, 1.82) is 0 Å². The Kier molecular flexibility index (Phi) is 4.13. The van der Waals surface area contributed by atoms with Crippen molar-refractivity contribution in [3.8, 4) is 0 Å². The first kappa shape index (κ1) is 14.1. The van der Waals surface area contributed by atoms with Gasteiger partial charge in [0, 0.05) is 11.4 Å². The minimum absolute atomic E-state index is 0.0513. The number of amides is 1. The van der Waals surface area contributed by atoms with Crippen molar-refractivity contribution in [2.45, 2.75) is 51.7 Å². The van der Waals surface area contributed by atoms with E-state index in [9.17, 15) is 4.79 Å². The van der Waals surface area contributed by atoms with Gasteiger partial charge >= 0.3 is 0 Å². The fourth-order valence-corrected chi connectivity index (χ4v) is 4.24. The van der Waals surface area contributed by atoms with Crippen LogP contribution in [0.25, 0.3) is 0 Å². The molecule has 1 aliphatic heterocycles. The highest BCUT2D eigenvalue weighted by Crippen LogP contribution is 2.33. The number of hydrogen-bond donors (Lipinski definition) is 1. The first-order chi connectivity index (χ1) is 9.65. The molecule has 1 saturated heterocycles. The van der Waals surface area contributed by atoms with Crippen LogP contribution in [0.1, 0.15) is 50.6 Å². The molecule has 0 radical (unpaired) electrons. The Bertz CT molecular complexity index is 451. The Labute approximate surface area is 125 Å². The second-order valence-electron chi connectivity index (χ2n) is 6.42. The second-order valence-corrected chi connectivity index (χ2v) is 7.40. The van der Waals surface area contributed by atoms with Crippen molar-refractivity contribution >= 4 is 17.2 Å². The molecule has 1 aromatic rings. The average molecular weight is 292 g/mol. The lowest BCUT2D eigenvalue weighted by molar-refractivity contribution is -0.130. The highest BCUT2D eigenvalue weighted by molar-refractivity contribution is 7.10. The van der Waals surface area contributed by atoms with E-state index in [1.807, 2.05) is 6.92 Å². The van der Waals surface area contributed by atoms with E-state index in [0.29, 0.717) is 5.92 Å². The van der Waals surface area contributed by atoms with Crippen LogP contribution in [-0.2, 0) is 4.79 Å². The van der Waals surface area contributed by atoms with Crippen LogP contribution >= 0.6 is 11.3 Å². The Morgan fingerprint density at radius 3 is 2.70 bits per heavy atom. The number of hydrogen-bond acceptors (Lipinski definition) is 3. The van der Waals surface area contributed by atoms with Gasteiger partial charge in [-0.2, -0.15) is 0 Å². The highest BCUT2D eigenvalue weighted by atomic mass is 32.1. The van der Waals surface area contributed by atoms with Crippen molar-refractivity contribution in [3.63, 3.8) is 0 Å². The molecule has 4 heteroatoms. The van der Waals surface area contributed by atoms with Crippen LogP contribution in [0, 0.1) is 11.8 Å². The second kappa shape index (κ2) is 5.86. The van der Waals surface area contributed by atoms with E-state index in [4.69, 9.17) is 0 Å². The zero-order valence-electron chi connectivity index (χ0n) is 12.3. The summed E-state index contributed by atoms with van der Waals surface area (Å²) in [4.78, 5) is 15.8. The number of carbonyl (C=O) groups excluding carboxylic acids is 1. The van der Waals surface area contributed by atoms with Gasteiger partial charge in [-0.3, -0.25) is 10.1 Å². The molecule has 2 unspecified atom stereocenters. The smallest absolute Gasteiger partial charge is 0.241 e. The number of nitrogens with one attached hydrogen (secondary N) is 1. The van der Waals surface area contributed by atoms with Gasteiger partial charge in [0.2, 0.25) is 5.91 Å². The molecule has 3 rings (SSSR count). The first-order valence-corrected chi connectivity index (χ1v) is 8.63. The van der Waals surface area contributed by atoms with Crippen molar-refractivity contribution in [3.05, 3.63) is 22.4 Å². The first-order valence-electron chi connectivity index (χ1n) is 7.75. The lowest BCUT2D eigenvalue weighted by atomic mass is 9.83. The zero-order valence-corrected chi connectivity index (χ0v) is 13.2. The predicted octanol–water partition coefficient (Wildman–Crippen LogP) is 3.39. The largest absolute Gasteiger partial charge is 0.320 e. The van der Waals surface area contributed by atoms with Crippen LogP contribution < -0.4 is 5.32 Å². The normalized spacial score (nSPS) is 34.7. The number of thiophene rings is 1. The molecule has 1 aliphatic carbocycles. The Balaban J connectivity index is 1.70. The molecule has 3 nitrogen and oxygen atoms in total. The summed E-state index contributed by atoms with van der Waals surface area (Å²) in [6, 6.07) is 4.14. The van der Waals surface area contributed by atoms with E-state index in [0.717, 1.165) is 12.5 Å². The van der Waals surface area contributed by atoms with Gasteiger partial charge < -0.3 is 4.90 Å². The fraction of sp³-hybridized carbons (Fsp3) is 0.688. The molecular formula is C16H24N2OS. The average Bonchev–Trinajstić information content (AvgIpc) is 3.05. The molecule has 1 aromatic heterocycles.